The lowest BCUT2D eigenvalue weighted by atomic mass is 10.0. The van der Waals surface area contributed by atoms with Crippen LogP contribution in [0.25, 0.3) is 0 Å². The molecule has 1 N–H and O–H groups in total. The van der Waals surface area contributed by atoms with E-state index in [1.165, 1.54) is 6.07 Å². The first kappa shape index (κ1) is 18.4. The molecule has 0 bridgehead atoms. The average molecular weight is 315 g/mol. The van der Waals surface area contributed by atoms with E-state index in [4.69, 9.17) is 11.6 Å². The smallest absolute Gasteiger partial charge is 0.127 e. The number of benzene rings is 1. The van der Waals surface area contributed by atoms with Gasteiger partial charge in [0.1, 0.15) is 5.82 Å². The summed E-state index contributed by atoms with van der Waals surface area (Å²) in [5.41, 5.74) is 0.632. The Hall–Kier alpha value is -0.640. The Bertz CT molecular complexity index is 388. The maximum atomic E-state index is 13.9. The van der Waals surface area contributed by atoms with Gasteiger partial charge in [0.25, 0.3) is 0 Å². The summed E-state index contributed by atoms with van der Waals surface area (Å²) in [5, 5.41) is 4.05. The number of nitrogens with zero attached hydrogens (tertiary/aromatic N) is 1. The highest BCUT2D eigenvalue weighted by molar-refractivity contribution is 6.31. The van der Waals surface area contributed by atoms with E-state index in [0.29, 0.717) is 17.0 Å². The molecule has 21 heavy (non-hydrogen) atoms. The van der Waals surface area contributed by atoms with E-state index in [1.54, 1.807) is 12.1 Å². The van der Waals surface area contributed by atoms with E-state index in [2.05, 4.69) is 31.0 Å². The molecule has 1 aromatic rings. The van der Waals surface area contributed by atoms with Crippen LogP contribution >= 0.6 is 11.6 Å². The van der Waals surface area contributed by atoms with Crippen LogP contribution < -0.4 is 5.32 Å². The fourth-order valence-corrected chi connectivity index (χ4v) is 2.72. The molecule has 0 aliphatic carbocycles. The summed E-state index contributed by atoms with van der Waals surface area (Å²) < 4.78 is 13.9. The zero-order valence-electron chi connectivity index (χ0n) is 13.5. The van der Waals surface area contributed by atoms with Crippen LogP contribution in [-0.2, 0) is 6.42 Å². The molecule has 0 saturated heterocycles. The Balaban J connectivity index is 2.68. The van der Waals surface area contributed by atoms with Crippen LogP contribution in [0.5, 0.6) is 0 Å². The predicted molar refractivity (Wildman–Crippen MR) is 89.6 cm³/mol. The molecule has 0 aliphatic heterocycles. The van der Waals surface area contributed by atoms with Gasteiger partial charge in [-0.1, -0.05) is 38.4 Å². The van der Waals surface area contributed by atoms with Crippen LogP contribution in [0.15, 0.2) is 18.2 Å². The monoisotopic (exact) mass is 314 g/mol. The Kier molecular flexibility index (Phi) is 8.90. The van der Waals surface area contributed by atoms with Crippen molar-refractivity contribution >= 4 is 11.6 Å². The molecule has 1 unspecified atom stereocenters. The highest BCUT2D eigenvalue weighted by Gasteiger charge is 2.15. The fraction of sp³-hybridized carbons (Fsp3) is 0.647. The van der Waals surface area contributed by atoms with E-state index in [1.807, 2.05) is 0 Å². The summed E-state index contributed by atoms with van der Waals surface area (Å²) in [4.78, 5) is 2.39. The maximum Gasteiger partial charge on any atom is 0.127 e. The van der Waals surface area contributed by atoms with Crippen molar-refractivity contribution in [2.75, 3.05) is 26.2 Å². The first-order chi connectivity index (χ1) is 10.1. The van der Waals surface area contributed by atoms with Gasteiger partial charge in [-0.05, 0) is 57.6 Å². The van der Waals surface area contributed by atoms with Crippen molar-refractivity contribution in [1.29, 1.82) is 0 Å². The molecule has 1 rings (SSSR count). The SMILES string of the molecule is CCCNC(CCN(CC)CC)Cc1c(F)cccc1Cl. The topological polar surface area (TPSA) is 15.3 Å². The zero-order valence-corrected chi connectivity index (χ0v) is 14.2. The van der Waals surface area contributed by atoms with Gasteiger partial charge in [0.05, 0.1) is 0 Å². The summed E-state index contributed by atoms with van der Waals surface area (Å²) in [5.74, 6) is -0.200. The lowest BCUT2D eigenvalue weighted by Crippen LogP contribution is -2.36. The molecule has 0 fully saturated rings. The van der Waals surface area contributed by atoms with Gasteiger partial charge >= 0.3 is 0 Å². The van der Waals surface area contributed by atoms with Crippen molar-refractivity contribution in [2.24, 2.45) is 0 Å². The summed E-state index contributed by atoms with van der Waals surface area (Å²) >= 11 is 6.15. The molecule has 0 saturated carbocycles. The molecule has 0 amide bonds. The second-order valence-electron chi connectivity index (χ2n) is 5.37. The maximum absolute atomic E-state index is 13.9. The Morgan fingerprint density at radius 3 is 2.52 bits per heavy atom. The van der Waals surface area contributed by atoms with Crippen LogP contribution in [-0.4, -0.2) is 37.1 Å². The first-order valence-electron chi connectivity index (χ1n) is 8.00. The van der Waals surface area contributed by atoms with Gasteiger partial charge in [-0.2, -0.15) is 0 Å². The molecule has 0 aromatic heterocycles. The van der Waals surface area contributed by atoms with Crippen molar-refractivity contribution in [3.63, 3.8) is 0 Å². The third-order valence-corrected chi connectivity index (χ3v) is 4.24. The number of halogens is 2. The minimum absolute atomic E-state index is 0.200. The van der Waals surface area contributed by atoms with E-state index >= 15 is 0 Å². The Morgan fingerprint density at radius 2 is 1.95 bits per heavy atom. The minimum atomic E-state index is -0.200. The van der Waals surface area contributed by atoms with E-state index in [0.717, 1.165) is 39.0 Å². The van der Waals surface area contributed by atoms with Gasteiger partial charge in [-0.25, -0.2) is 4.39 Å². The van der Waals surface area contributed by atoms with Crippen LogP contribution in [0, 0.1) is 5.82 Å². The number of hydrogen-bond acceptors (Lipinski definition) is 2. The molecule has 0 heterocycles. The van der Waals surface area contributed by atoms with E-state index in [9.17, 15) is 4.39 Å². The summed E-state index contributed by atoms with van der Waals surface area (Å²) in [6, 6.07) is 5.18. The summed E-state index contributed by atoms with van der Waals surface area (Å²) in [7, 11) is 0. The van der Waals surface area contributed by atoms with Crippen LogP contribution in [0.2, 0.25) is 5.02 Å². The molecule has 1 atom stereocenters. The molecule has 1 aromatic carbocycles. The highest BCUT2D eigenvalue weighted by Crippen LogP contribution is 2.21. The van der Waals surface area contributed by atoms with Gasteiger partial charge in [0.2, 0.25) is 0 Å². The van der Waals surface area contributed by atoms with Crippen molar-refractivity contribution in [3.8, 4) is 0 Å². The number of rotatable bonds is 10. The molecular formula is C17H28ClFN2. The third kappa shape index (κ3) is 6.33. The van der Waals surface area contributed by atoms with Gasteiger partial charge in [-0.3, -0.25) is 0 Å². The molecule has 0 spiro atoms. The molecule has 0 aliphatic rings. The van der Waals surface area contributed by atoms with E-state index < -0.39 is 0 Å². The second-order valence-corrected chi connectivity index (χ2v) is 5.78. The zero-order chi connectivity index (χ0) is 15.7. The van der Waals surface area contributed by atoms with Gasteiger partial charge in [0, 0.05) is 16.6 Å². The van der Waals surface area contributed by atoms with E-state index in [-0.39, 0.29) is 11.9 Å². The van der Waals surface area contributed by atoms with Crippen LogP contribution in [0.1, 0.15) is 39.2 Å². The van der Waals surface area contributed by atoms with Crippen molar-refractivity contribution in [2.45, 2.75) is 46.1 Å². The van der Waals surface area contributed by atoms with Crippen molar-refractivity contribution in [1.82, 2.24) is 10.2 Å². The molecule has 120 valence electrons. The van der Waals surface area contributed by atoms with Gasteiger partial charge in [0.15, 0.2) is 0 Å². The number of nitrogens with one attached hydrogen (secondary N) is 1. The first-order valence-corrected chi connectivity index (χ1v) is 8.38. The molecular weight excluding hydrogens is 287 g/mol. The largest absolute Gasteiger partial charge is 0.314 e. The number of hydrogen-bond donors (Lipinski definition) is 1. The summed E-state index contributed by atoms with van der Waals surface area (Å²) in [6.07, 6.45) is 2.73. The molecule has 0 radical (unpaired) electrons. The van der Waals surface area contributed by atoms with Gasteiger partial charge in [-0.15, -0.1) is 0 Å². The van der Waals surface area contributed by atoms with Crippen molar-refractivity contribution < 1.29 is 4.39 Å². The lowest BCUT2D eigenvalue weighted by molar-refractivity contribution is 0.280. The average Bonchev–Trinajstić information content (AvgIpc) is 2.48. The fourth-order valence-electron chi connectivity index (χ4n) is 2.48. The molecule has 2 nitrogen and oxygen atoms in total. The standard InChI is InChI=1S/C17H28ClFN2/c1-4-11-20-14(10-12-21(5-2)6-3)13-15-16(18)8-7-9-17(15)19/h7-9,14,20H,4-6,10-13H2,1-3H3. The lowest BCUT2D eigenvalue weighted by Gasteiger charge is -2.24. The quantitative estimate of drug-likeness (QED) is 0.699. The molecule has 4 heteroatoms. The van der Waals surface area contributed by atoms with Gasteiger partial charge < -0.3 is 10.2 Å². The predicted octanol–water partition coefficient (Wildman–Crippen LogP) is 4.12. The normalized spacial score (nSPS) is 12.9. The Morgan fingerprint density at radius 1 is 1.24 bits per heavy atom. The highest BCUT2D eigenvalue weighted by atomic mass is 35.5. The third-order valence-electron chi connectivity index (χ3n) is 3.88. The minimum Gasteiger partial charge on any atom is -0.314 e. The van der Waals surface area contributed by atoms with Crippen molar-refractivity contribution in [3.05, 3.63) is 34.6 Å². The van der Waals surface area contributed by atoms with Crippen LogP contribution in [0.4, 0.5) is 4.39 Å². The summed E-state index contributed by atoms with van der Waals surface area (Å²) in [6.45, 7) is 10.6. The Labute approximate surface area is 133 Å². The second kappa shape index (κ2) is 10.1. The van der Waals surface area contributed by atoms with Crippen LogP contribution in [0.3, 0.4) is 0 Å².